The average molecular weight is 286 g/mol. The lowest BCUT2D eigenvalue weighted by atomic mass is 9.91. The van der Waals surface area contributed by atoms with Gasteiger partial charge in [0.25, 0.3) is 0 Å². The molecule has 0 amide bonds. The van der Waals surface area contributed by atoms with Crippen LogP contribution in [0, 0.1) is 6.92 Å². The zero-order valence-electron chi connectivity index (χ0n) is 13.6. The van der Waals surface area contributed by atoms with Crippen LogP contribution in [0.1, 0.15) is 51.3 Å². The molecule has 0 unspecified atom stereocenters. The summed E-state index contributed by atoms with van der Waals surface area (Å²) in [5.74, 6) is 0. The monoisotopic (exact) mass is 286 g/mol. The maximum Gasteiger partial charge on any atom is 0.00807 e. The van der Waals surface area contributed by atoms with E-state index >= 15 is 0 Å². The van der Waals surface area contributed by atoms with Gasteiger partial charge < -0.3 is 0 Å². The van der Waals surface area contributed by atoms with Crippen LogP contribution in [0.2, 0.25) is 0 Å². The summed E-state index contributed by atoms with van der Waals surface area (Å²) in [6.45, 7) is 16.8. The van der Waals surface area contributed by atoms with Crippen molar-refractivity contribution in [1.29, 1.82) is 0 Å². The summed E-state index contributed by atoms with van der Waals surface area (Å²) in [4.78, 5) is 1.09. The molecule has 0 aliphatic rings. The van der Waals surface area contributed by atoms with Gasteiger partial charge >= 0.3 is 0 Å². The van der Waals surface area contributed by atoms with E-state index in [1.54, 1.807) is 0 Å². The molecule has 1 aromatic rings. The Morgan fingerprint density at radius 3 is 2.20 bits per heavy atom. The smallest absolute Gasteiger partial charge is 0.00807 e. The van der Waals surface area contributed by atoms with Crippen LogP contribution in [0.5, 0.6) is 0 Å². The molecule has 0 N–H and O–H groups in total. The van der Waals surface area contributed by atoms with Crippen LogP contribution in [0.4, 0.5) is 0 Å². The van der Waals surface area contributed by atoms with Crippen molar-refractivity contribution in [2.45, 2.75) is 52.9 Å². The largest absolute Gasteiger partial charge is 0.143 e. The molecule has 0 radical (unpaired) electrons. The van der Waals surface area contributed by atoms with Gasteiger partial charge in [-0.1, -0.05) is 31.2 Å². The number of hydrogen-bond acceptors (Lipinski definition) is 1. The summed E-state index contributed by atoms with van der Waals surface area (Å²) >= 11 is 4.65. The van der Waals surface area contributed by atoms with Crippen molar-refractivity contribution in [2.24, 2.45) is 0 Å². The maximum absolute atomic E-state index is 4.65. The Balaban J connectivity index is 3.43. The van der Waals surface area contributed by atoms with Crippen molar-refractivity contribution in [3.05, 3.63) is 58.2 Å². The van der Waals surface area contributed by atoms with E-state index in [1.807, 2.05) is 0 Å². The first-order chi connectivity index (χ1) is 9.33. The van der Waals surface area contributed by atoms with Gasteiger partial charge in [0.05, 0.1) is 0 Å². The number of allylic oxidation sites excluding steroid dienone is 5. The highest BCUT2D eigenvalue weighted by Crippen LogP contribution is 2.31. The van der Waals surface area contributed by atoms with Gasteiger partial charge in [-0.05, 0) is 80.5 Å². The molecule has 0 heterocycles. The Morgan fingerprint density at radius 1 is 1.20 bits per heavy atom. The molecular weight excluding hydrogens is 260 g/mol. The molecule has 108 valence electrons. The fourth-order valence-electron chi connectivity index (χ4n) is 2.54. The minimum absolute atomic E-state index is 1.02. The lowest BCUT2D eigenvalue weighted by molar-refractivity contribution is 1.05. The summed E-state index contributed by atoms with van der Waals surface area (Å²) in [7, 11) is 0. The van der Waals surface area contributed by atoms with Crippen molar-refractivity contribution < 1.29 is 0 Å². The summed E-state index contributed by atoms with van der Waals surface area (Å²) in [6.07, 6.45) is 3.20. The molecule has 0 saturated heterocycles. The third kappa shape index (κ3) is 3.46. The van der Waals surface area contributed by atoms with Crippen LogP contribution in [-0.4, -0.2) is 0 Å². The predicted molar refractivity (Wildman–Crippen MR) is 94.6 cm³/mol. The van der Waals surface area contributed by atoms with Gasteiger partial charge in [-0.3, -0.25) is 0 Å². The SMILES string of the molecule is C=C(C)/C(C)=C(C)\C(=C/C)c1cc(C)c(CC)c(S)c1. The maximum atomic E-state index is 4.65. The van der Waals surface area contributed by atoms with Crippen molar-refractivity contribution in [1.82, 2.24) is 0 Å². The third-order valence-corrected chi connectivity index (χ3v) is 4.41. The van der Waals surface area contributed by atoms with Crippen LogP contribution in [0.15, 0.2) is 46.4 Å². The number of thiol groups is 1. The molecule has 0 spiro atoms. The van der Waals surface area contributed by atoms with Crippen LogP contribution in [0.3, 0.4) is 0 Å². The Hall–Kier alpha value is -1.21. The van der Waals surface area contributed by atoms with Crippen LogP contribution in [-0.2, 0) is 6.42 Å². The van der Waals surface area contributed by atoms with E-state index in [0.717, 1.165) is 16.9 Å². The van der Waals surface area contributed by atoms with E-state index in [9.17, 15) is 0 Å². The predicted octanol–water partition coefficient (Wildman–Crippen LogP) is 6.16. The summed E-state index contributed by atoms with van der Waals surface area (Å²) in [5, 5.41) is 0. The number of benzene rings is 1. The van der Waals surface area contributed by atoms with E-state index in [-0.39, 0.29) is 0 Å². The Bertz CT molecular complexity index is 563. The Labute approximate surface area is 129 Å². The van der Waals surface area contributed by atoms with Crippen molar-refractivity contribution in [3.63, 3.8) is 0 Å². The molecule has 1 heteroatoms. The number of hydrogen-bond donors (Lipinski definition) is 1. The van der Waals surface area contributed by atoms with E-state index in [2.05, 4.69) is 79.0 Å². The van der Waals surface area contributed by atoms with Crippen molar-refractivity contribution in [2.75, 3.05) is 0 Å². The Kier molecular flexibility index (Phi) is 5.88. The lowest BCUT2D eigenvalue weighted by Gasteiger charge is -2.16. The van der Waals surface area contributed by atoms with E-state index in [0.29, 0.717) is 0 Å². The third-order valence-electron chi connectivity index (χ3n) is 4.01. The second-order valence-electron chi connectivity index (χ2n) is 5.38. The average Bonchev–Trinajstić information content (AvgIpc) is 2.38. The van der Waals surface area contributed by atoms with Crippen LogP contribution < -0.4 is 0 Å². The molecule has 0 nitrogen and oxygen atoms in total. The topological polar surface area (TPSA) is 0 Å². The summed E-state index contributed by atoms with van der Waals surface area (Å²) in [6, 6.07) is 4.45. The molecule has 0 saturated carbocycles. The standard InChI is InChI=1S/C19H26S/c1-8-17-13(5)10-16(11-19(17)20)18(9-2)15(7)14(6)12(3)4/h9-11,20H,3,8H2,1-2,4-7H3/b15-14-,18-9+. The summed E-state index contributed by atoms with van der Waals surface area (Å²) in [5.41, 5.74) is 8.83. The highest BCUT2D eigenvalue weighted by Gasteiger charge is 2.10. The molecule has 0 aromatic heterocycles. The Morgan fingerprint density at radius 2 is 1.80 bits per heavy atom. The van der Waals surface area contributed by atoms with E-state index < -0.39 is 0 Å². The number of aryl methyl sites for hydroxylation is 1. The van der Waals surface area contributed by atoms with Crippen LogP contribution in [0.25, 0.3) is 5.57 Å². The molecule has 0 atom stereocenters. The molecule has 0 bridgehead atoms. The van der Waals surface area contributed by atoms with Gasteiger partial charge in [-0.2, -0.15) is 0 Å². The molecule has 0 aliphatic heterocycles. The van der Waals surface area contributed by atoms with Crippen molar-refractivity contribution >= 4 is 18.2 Å². The lowest BCUT2D eigenvalue weighted by Crippen LogP contribution is -1.96. The normalized spacial score (nSPS) is 13.2. The fourth-order valence-corrected chi connectivity index (χ4v) is 3.01. The van der Waals surface area contributed by atoms with Gasteiger partial charge in [0, 0.05) is 4.90 Å². The zero-order chi connectivity index (χ0) is 15.4. The second kappa shape index (κ2) is 6.99. The molecule has 0 fully saturated rings. The van der Waals surface area contributed by atoms with Gasteiger partial charge in [0.1, 0.15) is 0 Å². The minimum atomic E-state index is 1.02. The molecule has 0 aliphatic carbocycles. The first-order valence-corrected chi connectivity index (χ1v) is 7.61. The van der Waals surface area contributed by atoms with E-state index in [4.69, 9.17) is 0 Å². The minimum Gasteiger partial charge on any atom is -0.143 e. The second-order valence-corrected chi connectivity index (χ2v) is 5.86. The first kappa shape index (κ1) is 16.8. The van der Waals surface area contributed by atoms with Gasteiger partial charge in [-0.15, -0.1) is 12.6 Å². The fraction of sp³-hybridized carbons (Fsp3) is 0.368. The molecular formula is C19H26S. The summed E-state index contributed by atoms with van der Waals surface area (Å²) < 4.78 is 0. The van der Waals surface area contributed by atoms with Crippen LogP contribution >= 0.6 is 12.6 Å². The molecule has 1 rings (SSSR count). The van der Waals surface area contributed by atoms with Gasteiger partial charge in [-0.25, -0.2) is 0 Å². The van der Waals surface area contributed by atoms with Gasteiger partial charge in [0.2, 0.25) is 0 Å². The first-order valence-electron chi connectivity index (χ1n) is 7.16. The number of rotatable bonds is 4. The molecule has 1 aromatic carbocycles. The zero-order valence-corrected chi connectivity index (χ0v) is 14.5. The van der Waals surface area contributed by atoms with Gasteiger partial charge in [0.15, 0.2) is 0 Å². The highest BCUT2D eigenvalue weighted by molar-refractivity contribution is 7.80. The highest BCUT2D eigenvalue weighted by atomic mass is 32.1. The quantitative estimate of drug-likeness (QED) is 0.497. The van der Waals surface area contributed by atoms with Crippen molar-refractivity contribution in [3.8, 4) is 0 Å². The van der Waals surface area contributed by atoms with E-state index in [1.165, 1.54) is 33.4 Å². The molecule has 20 heavy (non-hydrogen) atoms.